The van der Waals surface area contributed by atoms with Gasteiger partial charge in [0.1, 0.15) is 24.4 Å². The summed E-state index contributed by atoms with van der Waals surface area (Å²) in [6.45, 7) is 8.69. The molecule has 1 aromatic carbocycles. The second-order valence-corrected chi connectivity index (χ2v) is 13.2. The van der Waals surface area contributed by atoms with Gasteiger partial charge in [-0.2, -0.15) is 0 Å². The monoisotopic (exact) mass is 612 g/mol. The van der Waals surface area contributed by atoms with Gasteiger partial charge in [-0.1, -0.05) is 83.6 Å². The normalized spacial score (nSPS) is 28.3. The van der Waals surface area contributed by atoms with Gasteiger partial charge in [0.05, 0.1) is 25.9 Å². The fourth-order valence-electron chi connectivity index (χ4n) is 5.57. The number of ether oxygens (including phenoxy) is 5. The van der Waals surface area contributed by atoms with Gasteiger partial charge >= 0.3 is 7.82 Å². The lowest BCUT2D eigenvalue weighted by Gasteiger charge is -2.47. The van der Waals surface area contributed by atoms with E-state index in [2.05, 4.69) is 20.8 Å². The third-order valence-electron chi connectivity index (χ3n) is 8.14. The molecule has 0 aromatic heterocycles. The summed E-state index contributed by atoms with van der Waals surface area (Å²) in [6.07, 6.45) is 7.83. The topological polar surface area (TPSA) is 90.9 Å². The molecule has 0 spiro atoms. The number of benzene rings is 1. The van der Waals surface area contributed by atoms with Crippen molar-refractivity contribution in [1.82, 2.24) is 0 Å². The summed E-state index contributed by atoms with van der Waals surface area (Å²) in [5.74, 6) is 0. The van der Waals surface area contributed by atoms with Crippen molar-refractivity contribution in [3.63, 3.8) is 0 Å². The number of unbranched alkanes of at least 4 members (excludes halogenated alkanes) is 3. The minimum Gasteiger partial charge on any atom is -0.379 e. The van der Waals surface area contributed by atoms with Crippen molar-refractivity contribution in [2.24, 2.45) is 0 Å². The zero-order valence-corrected chi connectivity index (χ0v) is 26.8. The van der Waals surface area contributed by atoms with E-state index in [1.54, 1.807) is 0 Å². The van der Waals surface area contributed by atoms with Gasteiger partial charge in [-0.25, -0.2) is 4.57 Å². The maximum Gasteiger partial charge on any atom is 0.475 e. The minimum absolute atomic E-state index is 0.0199. The summed E-state index contributed by atoms with van der Waals surface area (Å²) >= 11 is 0. The molecule has 240 valence electrons. The number of rotatable bonds is 17. The number of phosphoric acid groups is 1. The van der Waals surface area contributed by atoms with Crippen molar-refractivity contribution in [1.29, 1.82) is 0 Å². The van der Waals surface area contributed by atoms with E-state index in [0.29, 0.717) is 26.4 Å². The van der Waals surface area contributed by atoms with E-state index in [1.165, 1.54) is 6.42 Å². The fourth-order valence-corrected chi connectivity index (χ4v) is 6.88. The maximum absolute atomic E-state index is 14.1. The summed E-state index contributed by atoms with van der Waals surface area (Å²) in [5, 5.41) is 0. The van der Waals surface area contributed by atoms with E-state index in [0.717, 1.165) is 75.3 Å². The summed E-state index contributed by atoms with van der Waals surface area (Å²) in [5.41, 5.74) is 1.85. The molecule has 42 heavy (non-hydrogen) atoms. The first-order valence-electron chi connectivity index (χ1n) is 16.3. The van der Waals surface area contributed by atoms with Gasteiger partial charge in [0.15, 0.2) is 6.29 Å². The average molecular weight is 613 g/mol. The van der Waals surface area contributed by atoms with Crippen LogP contribution in [0.1, 0.15) is 103 Å². The van der Waals surface area contributed by atoms with Gasteiger partial charge in [0.25, 0.3) is 0 Å². The Balaban J connectivity index is 1.61. The van der Waals surface area contributed by atoms with E-state index in [9.17, 15) is 4.57 Å². The quantitative estimate of drug-likeness (QED) is 0.131. The van der Waals surface area contributed by atoms with Crippen LogP contribution in [0.25, 0.3) is 0 Å². The molecule has 2 heterocycles. The Morgan fingerprint density at radius 3 is 2.00 bits per heavy atom. The Morgan fingerprint density at radius 2 is 1.38 bits per heavy atom. The predicted octanol–water partition coefficient (Wildman–Crippen LogP) is 7.49. The molecule has 0 N–H and O–H groups in total. The molecule has 2 fully saturated rings. The third-order valence-corrected chi connectivity index (χ3v) is 9.53. The highest BCUT2D eigenvalue weighted by Crippen LogP contribution is 2.55. The summed E-state index contributed by atoms with van der Waals surface area (Å²) in [6, 6.07) is 7.76. The van der Waals surface area contributed by atoms with Crippen LogP contribution in [0.15, 0.2) is 24.3 Å². The first kappa shape index (κ1) is 34.0. The molecule has 1 saturated heterocycles. The van der Waals surface area contributed by atoms with Crippen molar-refractivity contribution in [2.45, 2.75) is 141 Å². The molecule has 1 saturated carbocycles. The molecule has 5 unspecified atom stereocenters. The van der Waals surface area contributed by atoms with Crippen molar-refractivity contribution >= 4 is 7.82 Å². The molecule has 10 heteroatoms. The van der Waals surface area contributed by atoms with Crippen molar-refractivity contribution in [3.8, 4) is 0 Å². The lowest BCUT2D eigenvalue weighted by Crippen LogP contribution is -2.62. The smallest absolute Gasteiger partial charge is 0.379 e. The molecule has 0 amide bonds. The van der Waals surface area contributed by atoms with Crippen molar-refractivity contribution in [2.75, 3.05) is 26.4 Å². The number of fused-ring (bicyclic) bond motifs is 1. The Labute approximate surface area is 252 Å². The first-order valence-corrected chi connectivity index (χ1v) is 17.8. The van der Waals surface area contributed by atoms with Crippen LogP contribution in [-0.2, 0) is 55.0 Å². The molecule has 4 rings (SSSR count). The van der Waals surface area contributed by atoms with Crippen LogP contribution < -0.4 is 0 Å². The van der Waals surface area contributed by atoms with Crippen molar-refractivity contribution < 1.29 is 41.8 Å². The van der Waals surface area contributed by atoms with E-state index < -0.39 is 38.5 Å². The Kier molecular flexibility index (Phi) is 14.7. The molecule has 2 aliphatic heterocycles. The lowest BCUT2D eigenvalue weighted by atomic mass is 9.96. The second-order valence-electron chi connectivity index (χ2n) is 11.6. The zero-order chi connectivity index (χ0) is 29.6. The van der Waals surface area contributed by atoms with Crippen LogP contribution in [0.3, 0.4) is 0 Å². The molecular weight excluding hydrogens is 559 g/mol. The summed E-state index contributed by atoms with van der Waals surface area (Å²) < 4.78 is 64.5. The van der Waals surface area contributed by atoms with Gasteiger partial charge in [-0.15, -0.1) is 0 Å². The van der Waals surface area contributed by atoms with Gasteiger partial charge in [-0.3, -0.25) is 13.6 Å². The molecule has 3 aliphatic rings. The summed E-state index contributed by atoms with van der Waals surface area (Å²) in [7, 11) is -4.01. The standard InChI is InChI=1S/C32H53O9P/c1-4-7-19-34-24-28-29(35-20-8-5-2)30(36-21-9-6-3)31(32(40-28)39-27-17-11-10-12-18-27)41-42(33)37-22-25-15-13-14-16-26(25)23-38-42/h13-16,27-32H,4-12,17-24H2,1-3H3. The van der Waals surface area contributed by atoms with Gasteiger partial charge in [0.2, 0.25) is 0 Å². The van der Waals surface area contributed by atoms with Crippen LogP contribution in [0.4, 0.5) is 0 Å². The van der Waals surface area contributed by atoms with Gasteiger partial charge in [0, 0.05) is 19.8 Å². The van der Waals surface area contributed by atoms with Crippen LogP contribution in [0.5, 0.6) is 0 Å². The molecule has 0 radical (unpaired) electrons. The van der Waals surface area contributed by atoms with Gasteiger partial charge in [-0.05, 0) is 43.2 Å². The Bertz CT molecular complexity index is 909. The largest absolute Gasteiger partial charge is 0.475 e. The van der Waals surface area contributed by atoms with Crippen LogP contribution in [0, 0.1) is 0 Å². The van der Waals surface area contributed by atoms with Crippen LogP contribution in [-0.4, -0.2) is 63.2 Å². The second kappa shape index (κ2) is 18.2. The van der Waals surface area contributed by atoms with Crippen molar-refractivity contribution in [3.05, 3.63) is 35.4 Å². The number of phosphoric ester groups is 1. The third kappa shape index (κ3) is 10.1. The first-order chi connectivity index (χ1) is 20.6. The van der Waals surface area contributed by atoms with E-state index in [-0.39, 0.29) is 19.3 Å². The predicted molar refractivity (Wildman–Crippen MR) is 160 cm³/mol. The highest BCUT2D eigenvalue weighted by Gasteiger charge is 2.52. The Morgan fingerprint density at radius 1 is 0.786 bits per heavy atom. The van der Waals surface area contributed by atoms with E-state index >= 15 is 0 Å². The van der Waals surface area contributed by atoms with E-state index in [1.807, 2.05) is 24.3 Å². The molecule has 5 atom stereocenters. The number of hydrogen-bond donors (Lipinski definition) is 0. The average Bonchev–Trinajstić information content (AvgIpc) is 3.17. The fraction of sp³-hybridized carbons (Fsp3) is 0.812. The minimum atomic E-state index is -4.01. The zero-order valence-electron chi connectivity index (χ0n) is 25.9. The number of hydrogen-bond acceptors (Lipinski definition) is 9. The highest BCUT2D eigenvalue weighted by molar-refractivity contribution is 7.48. The molecule has 1 aliphatic carbocycles. The molecular formula is C32H53O9P. The lowest BCUT2D eigenvalue weighted by molar-refractivity contribution is -0.323. The SMILES string of the molecule is CCCCOCC1OC(OC2CCCCC2)C(OP2(=O)OCc3ccccc3CO2)C(OCCCC)C1OCCCC. The molecule has 9 nitrogen and oxygen atoms in total. The van der Waals surface area contributed by atoms with Crippen LogP contribution >= 0.6 is 7.82 Å². The summed E-state index contributed by atoms with van der Waals surface area (Å²) in [4.78, 5) is 0. The van der Waals surface area contributed by atoms with Gasteiger partial charge < -0.3 is 23.7 Å². The maximum atomic E-state index is 14.1. The molecule has 1 aromatic rings. The molecule has 0 bridgehead atoms. The highest BCUT2D eigenvalue weighted by atomic mass is 31.2. The van der Waals surface area contributed by atoms with Crippen LogP contribution in [0.2, 0.25) is 0 Å². The van der Waals surface area contributed by atoms with E-state index in [4.69, 9.17) is 37.3 Å². The Hall–Kier alpha value is -0.870.